The van der Waals surface area contributed by atoms with E-state index >= 15 is 0 Å². The van der Waals surface area contributed by atoms with Gasteiger partial charge in [-0.1, -0.05) is 36.8 Å². The van der Waals surface area contributed by atoms with Crippen LogP contribution in [0.5, 0.6) is 0 Å². The summed E-state index contributed by atoms with van der Waals surface area (Å²) in [6.07, 6.45) is 2.62. The molecule has 0 radical (unpaired) electrons. The summed E-state index contributed by atoms with van der Waals surface area (Å²) in [5.74, 6) is -0.157. The van der Waals surface area contributed by atoms with Gasteiger partial charge in [0, 0.05) is 24.7 Å². The van der Waals surface area contributed by atoms with E-state index in [4.69, 9.17) is 0 Å². The van der Waals surface area contributed by atoms with E-state index in [9.17, 15) is 13.2 Å². The number of aryl methyl sites for hydroxylation is 1. The van der Waals surface area contributed by atoms with Gasteiger partial charge < -0.3 is 5.32 Å². The molecule has 1 saturated heterocycles. The highest BCUT2D eigenvalue weighted by Gasteiger charge is 2.34. The second-order valence-corrected chi connectivity index (χ2v) is 8.59. The SMILES string of the molecule is Cc1cccc(NC(=O)CC2CCCCN2S(=O)(=O)c2ccccc2)c1. The summed E-state index contributed by atoms with van der Waals surface area (Å²) in [4.78, 5) is 12.8. The van der Waals surface area contributed by atoms with Gasteiger partial charge in [0.05, 0.1) is 4.90 Å². The zero-order valence-electron chi connectivity index (χ0n) is 14.9. The van der Waals surface area contributed by atoms with Crippen molar-refractivity contribution in [2.24, 2.45) is 0 Å². The summed E-state index contributed by atoms with van der Waals surface area (Å²) < 4.78 is 27.5. The van der Waals surface area contributed by atoms with Crippen LogP contribution in [0.4, 0.5) is 5.69 Å². The lowest BCUT2D eigenvalue weighted by Gasteiger charge is -2.34. The average Bonchev–Trinajstić information content (AvgIpc) is 2.63. The minimum Gasteiger partial charge on any atom is -0.326 e. The third kappa shape index (κ3) is 4.31. The molecule has 1 aliphatic heterocycles. The lowest BCUT2D eigenvalue weighted by molar-refractivity contribution is -0.117. The molecule has 0 aliphatic carbocycles. The van der Waals surface area contributed by atoms with Crippen molar-refractivity contribution in [2.45, 2.75) is 43.5 Å². The van der Waals surface area contributed by atoms with Crippen molar-refractivity contribution in [1.82, 2.24) is 4.31 Å². The van der Waals surface area contributed by atoms with E-state index in [2.05, 4.69) is 5.32 Å². The summed E-state index contributed by atoms with van der Waals surface area (Å²) in [6, 6.07) is 15.7. The van der Waals surface area contributed by atoms with E-state index in [0.29, 0.717) is 13.0 Å². The van der Waals surface area contributed by atoms with Crippen molar-refractivity contribution in [2.75, 3.05) is 11.9 Å². The molecule has 1 heterocycles. The Labute approximate surface area is 155 Å². The molecule has 26 heavy (non-hydrogen) atoms. The van der Waals surface area contributed by atoms with Gasteiger partial charge in [0.2, 0.25) is 15.9 Å². The second-order valence-electron chi connectivity index (χ2n) is 6.70. The fourth-order valence-electron chi connectivity index (χ4n) is 3.37. The number of rotatable bonds is 5. The van der Waals surface area contributed by atoms with Crippen LogP contribution in [0.3, 0.4) is 0 Å². The van der Waals surface area contributed by atoms with Gasteiger partial charge in [-0.3, -0.25) is 4.79 Å². The topological polar surface area (TPSA) is 66.5 Å². The van der Waals surface area contributed by atoms with Gasteiger partial charge in [-0.15, -0.1) is 0 Å². The maximum Gasteiger partial charge on any atom is 0.243 e. The molecule has 6 heteroatoms. The van der Waals surface area contributed by atoms with Crippen LogP contribution in [-0.2, 0) is 14.8 Å². The number of anilines is 1. The Morgan fingerprint density at radius 2 is 1.88 bits per heavy atom. The van der Waals surface area contributed by atoms with Crippen molar-refractivity contribution in [3.63, 3.8) is 0 Å². The lowest BCUT2D eigenvalue weighted by Crippen LogP contribution is -2.45. The van der Waals surface area contributed by atoms with Crippen molar-refractivity contribution in [3.8, 4) is 0 Å². The van der Waals surface area contributed by atoms with Crippen LogP contribution in [0.25, 0.3) is 0 Å². The normalized spacial score (nSPS) is 18.4. The second kappa shape index (κ2) is 8.01. The monoisotopic (exact) mass is 372 g/mol. The van der Waals surface area contributed by atoms with Gasteiger partial charge in [0.25, 0.3) is 0 Å². The number of piperidine rings is 1. The predicted octanol–water partition coefficient (Wildman–Crippen LogP) is 3.57. The molecule has 1 amide bonds. The van der Waals surface area contributed by atoms with E-state index in [-0.39, 0.29) is 23.3 Å². The number of sulfonamides is 1. The standard InChI is InChI=1S/C20H24N2O3S/c1-16-8-7-9-17(14-16)21-20(23)15-18-10-5-6-13-22(18)26(24,25)19-11-3-2-4-12-19/h2-4,7-9,11-12,14,18H,5-6,10,13,15H2,1H3,(H,21,23). The number of hydrogen-bond donors (Lipinski definition) is 1. The highest BCUT2D eigenvalue weighted by atomic mass is 32.2. The largest absolute Gasteiger partial charge is 0.326 e. The molecule has 1 aliphatic rings. The maximum atomic E-state index is 13.0. The molecular weight excluding hydrogens is 348 g/mol. The van der Waals surface area contributed by atoms with Gasteiger partial charge in [-0.05, 0) is 49.6 Å². The van der Waals surface area contributed by atoms with E-state index in [1.165, 1.54) is 4.31 Å². The summed E-state index contributed by atoms with van der Waals surface area (Å²) in [5.41, 5.74) is 1.80. The van der Waals surface area contributed by atoms with Crippen molar-refractivity contribution >= 4 is 21.6 Å². The van der Waals surface area contributed by atoms with Crippen LogP contribution in [0.1, 0.15) is 31.2 Å². The summed E-state index contributed by atoms with van der Waals surface area (Å²) in [6.45, 7) is 2.42. The average molecular weight is 372 g/mol. The highest BCUT2D eigenvalue weighted by Crippen LogP contribution is 2.27. The van der Waals surface area contributed by atoms with Gasteiger partial charge in [0.1, 0.15) is 0 Å². The third-order valence-electron chi connectivity index (χ3n) is 4.65. The summed E-state index contributed by atoms with van der Waals surface area (Å²) >= 11 is 0. The minimum atomic E-state index is -3.58. The zero-order chi connectivity index (χ0) is 18.6. The lowest BCUT2D eigenvalue weighted by atomic mass is 10.0. The van der Waals surface area contributed by atoms with E-state index < -0.39 is 10.0 Å². The van der Waals surface area contributed by atoms with Crippen LogP contribution in [0, 0.1) is 6.92 Å². The summed E-state index contributed by atoms with van der Waals surface area (Å²) in [7, 11) is -3.58. The predicted molar refractivity (Wildman–Crippen MR) is 102 cm³/mol. The molecular formula is C20H24N2O3S. The molecule has 0 aromatic heterocycles. The molecule has 0 bridgehead atoms. The molecule has 2 aromatic rings. The first kappa shape index (κ1) is 18.6. The van der Waals surface area contributed by atoms with Gasteiger partial charge >= 0.3 is 0 Å². The first-order valence-electron chi connectivity index (χ1n) is 8.90. The molecule has 1 fully saturated rings. The Bertz CT molecular complexity index is 866. The minimum absolute atomic E-state index is 0.157. The Morgan fingerprint density at radius 3 is 2.62 bits per heavy atom. The molecule has 0 saturated carbocycles. The van der Waals surface area contributed by atoms with Gasteiger partial charge in [-0.25, -0.2) is 8.42 Å². The fourth-order valence-corrected chi connectivity index (χ4v) is 5.08. The molecule has 1 unspecified atom stereocenters. The molecule has 138 valence electrons. The van der Waals surface area contributed by atoms with Crippen molar-refractivity contribution in [1.29, 1.82) is 0 Å². The van der Waals surface area contributed by atoms with Crippen LogP contribution in [0.15, 0.2) is 59.5 Å². The Balaban J connectivity index is 1.74. The first-order chi connectivity index (χ1) is 12.5. The Morgan fingerprint density at radius 1 is 1.12 bits per heavy atom. The number of nitrogens with zero attached hydrogens (tertiary/aromatic N) is 1. The third-order valence-corrected chi connectivity index (χ3v) is 6.61. The molecule has 2 aromatic carbocycles. The molecule has 1 atom stereocenters. The van der Waals surface area contributed by atoms with E-state index in [0.717, 1.165) is 24.1 Å². The quantitative estimate of drug-likeness (QED) is 0.872. The van der Waals surface area contributed by atoms with Crippen LogP contribution < -0.4 is 5.32 Å². The van der Waals surface area contributed by atoms with Crippen LogP contribution in [-0.4, -0.2) is 31.2 Å². The molecule has 3 rings (SSSR count). The van der Waals surface area contributed by atoms with E-state index in [1.54, 1.807) is 30.3 Å². The molecule has 1 N–H and O–H groups in total. The summed E-state index contributed by atoms with van der Waals surface area (Å²) in [5, 5.41) is 2.88. The number of hydrogen-bond acceptors (Lipinski definition) is 3. The molecule has 5 nitrogen and oxygen atoms in total. The van der Waals surface area contributed by atoms with Crippen molar-refractivity contribution < 1.29 is 13.2 Å². The zero-order valence-corrected chi connectivity index (χ0v) is 15.7. The fraction of sp³-hybridized carbons (Fsp3) is 0.350. The molecule has 0 spiro atoms. The Hall–Kier alpha value is -2.18. The highest BCUT2D eigenvalue weighted by molar-refractivity contribution is 7.89. The smallest absolute Gasteiger partial charge is 0.243 e. The van der Waals surface area contributed by atoms with E-state index in [1.807, 2.05) is 31.2 Å². The number of benzene rings is 2. The van der Waals surface area contributed by atoms with Gasteiger partial charge in [-0.2, -0.15) is 4.31 Å². The van der Waals surface area contributed by atoms with Crippen LogP contribution >= 0.6 is 0 Å². The number of carbonyl (C=O) groups excluding carboxylic acids is 1. The number of nitrogens with one attached hydrogen (secondary N) is 1. The van der Waals surface area contributed by atoms with Crippen molar-refractivity contribution in [3.05, 3.63) is 60.2 Å². The van der Waals surface area contributed by atoms with Gasteiger partial charge in [0.15, 0.2) is 0 Å². The van der Waals surface area contributed by atoms with Crippen LogP contribution in [0.2, 0.25) is 0 Å². The Kier molecular flexibility index (Phi) is 5.74. The number of amides is 1. The maximum absolute atomic E-state index is 13.0. The first-order valence-corrected chi connectivity index (χ1v) is 10.3. The number of carbonyl (C=O) groups is 1.